The number of halogens is 1. The number of nitrogens with one attached hydrogen (secondary N) is 1. The number of hydrogen-bond acceptors (Lipinski definition) is 2. The topological polar surface area (TPSA) is 21.3 Å². The lowest BCUT2D eigenvalue weighted by atomic mass is 9.93. The lowest BCUT2D eigenvalue weighted by Gasteiger charge is -2.32. The molecule has 1 aromatic carbocycles. The molecule has 0 bridgehead atoms. The molecule has 0 aliphatic carbocycles. The van der Waals surface area contributed by atoms with Gasteiger partial charge in [-0.1, -0.05) is 37.6 Å². The minimum Gasteiger partial charge on any atom is -0.379 e. The summed E-state index contributed by atoms with van der Waals surface area (Å²) in [6, 6.07) is 8.83. The van der Waals surface area contributed by atoms with Gasteiger partial charge in [0.2, 0.25) is 0 Å². The second-order valence-corrected chi connectivity index (χ2v) is 6.95. The molecule has 1 aromatic rings. The summed E-state index contributed by atoms with van der Waals surface area (Å²) >= 11 is 5.97. The van der Waals surface area contributed by atoms with Crippen molar-refractivity contribution in [2.75, 3.05) is 7.11 Å². The van der Waals surface area contributed by atoms with Crippen LogP contribution in [-0.4, -0.2) is 18.8 Å². The van der Waals surface area contributed by atoms with Crippen molar-refractivity contribution in [2.45, 2.75) is 58.7 Å². The van der Waals surface area contributed by atoms with Gasteiger partial charge in [-0.25, -0.2) is 0 Å². The van der Waals surface area contributed by atoms with Gasteiger partial charge in [0.05, 0.1) is 5.60 Å². The Kier molecular flexibility index (Phi) is 6.50. The first-order chi connectivity index (χ1) is 9.25. The van der Waals surface area contributed by atoms with Gasteiger partial charge in [0.1, 0.15) is 0 Å². The largest absolute Gasteiger partial charge is 0.379 e. The quantitative estimate of drug-likeness (QED) is 0.778. The third kappa shape index (κ3) is 5.43. The molecular formula is C17H28ClNO. The average Bonchev–Trinajstić information content (AvgIpc) is 2.36. The Morgan fingerprint density at radius 2 is 1.70 bits per heavy atom. The summed E-state index contributed by atoms with van der Waals surface area (Å²) in [5.74, 6) is 0.518. The number of benzene rings is 1. The summed E-state index contributed by atoms with van der Waals surface area (Å²) in [4.78, 5) is 0. The fourth-order valence-corrected chi connectivity index (χ4v) is 2.66. The normalized spacial score (nSPS) is 15.4. The predicted octanol–water partition coefficient (Wildman–Crippen LogP) is 4.83. The highest BCUT2D eigenvalue weighted by Crippen LogP contribution is 2.25. The summed E-state index contributed by atoms with van der Waals surface area (Å²) in [6.45, 7) is 10.9. The van der Waals surface area contributed by atoms with Crippen molar-refractivity contribution in [1.82, 2.24) is 5.32 Å². The monoisotopic (exact) mass is 297 g/mol. The number of methoxy groups -OCH3 is 1. The van der Waals surface area contributed by atoms with Crippen molar-refractivity contribution in [3.8, 4) is 0 Å². The van der Waals surface area contributed by atoms with Crippen LogP contribution in [0.4, 0.5) is 0 Å². The molecule has 2 unspecified atom stereocenters. The van der Waals surface area contributed by atoms with Gasteiger partial charge in [-0.15, -0.1) is 0 Å². The van der Waals surface area contributed by atoms with Crippen molar-refractivity contribution in [2.24, 2.45) is 5.92 Å². The van der Waals surface area contributed by atoms with Crippen molar-refractivity contribution in [3.63, 3.8) is 0 Å². The lowest BCUT2D eigenvalue weighted by Crippen LogP contribution is -2.39. The highest BCUT2D eigenvalue weighted by atomic mass is 35.5. The molecule has 2 atom stereocenters. The minimum absolute atomic E-state index is 0.103. The van der Waals surface area contributed by atoms with Gasteiger partial charge >= 0.3 is 0 Å². The zero-order valence-electron chi connectivity index (χ0n) is 13.5. The second-order valence-electron chi connectivity index (χ2n) is 6.51. The molecule has 0 spiro atoms. The Labute approximate surface area is 128 Å². The maximum absolute atomic E-state index is 5.97. The molecule has 0 aliphatic heterocycles. The number of rotatable bonds is 7. The van der Waals surface area contributed by atoms with Crippen molar-refractivity contribution < 1.29 is 4.74 Å². The molecule has 0 aliphatic rings. The van der Waals surface area contributed by atoms with Gasteiger partial charge in [0.25, 0.3) is 0 Å². The number of hydrogen-bond donors (Lipinski definition) is 1. The van der Waals surface area contributed by atoms with E-state index in [2.05, 4.69) is 52.1 Å². The van der Waals surface area contributed by atoms with Crippen molar-refractivity contribution in [1.29, 1.82) is 0 Å². The van der Waals surface area contributed by atoms with Crippen LogP contribution in [0.15, 0.2) is 24.3 Å². The van der Waals surface area contributed by atoms with Crippen LogP contribution < -0.4 is 5.32 Å². The van der Waals surface area contributed by atoms with Crippen LogP contribution in [0.2, 0.25) is 5.02 Å². The van der Waals surface area contributed by atoms with Crippen LogP contribution in [0, 0.1) is 5.92 Å². The summed E-state index contributed by atoms with van der Waals surface area (Å²) in [6.07, 6.45) is 0.973. The third-order valence-electron chi connectivity index (χ3n) is 3.71. The Morgan fingerprint density at radius 3 is 2.15 bits per heavy atom. The molecule has 1 N–H and O–H groups in total. The van der Waals surface area contributed by atoms with Gasteiger partial charge in [-0.2, -0.15) is 0 Å². The van der Waals surface area contributed by atoms with Gasteiger partial charge in [0, 0.05) is 24.2 Å². The van der Waals surface area contributed by atoms with E-state index in [0.29, 0.717) is 18.0 Å². The molecule has 114 valence electrons. The van der Waals surface area contributed by atoms with E-state index in [-0.39, 0.29) is 5.60 Å². The first-order valence-corrected chi connectivity index (χ1v) is 7.69. The molecule has 1 rings (SSSR count). The van der Waals surface area contributed by atoms with Crippen LogP contribution in [-0.2, 0) is 4.74 Å². The molecule has 0 radical (unpaired) electrons. The smallest absolute Gasteiger partial charge is 0.0637 e. The minimum atomic E-state index is -0.103. The van der Waals surface area contributed by atoms with Crippen molar-refractivity contribution >= 4 is 11.6 Å². The molecule has 0 saturated heterocycles. The average molecular weight is 298 g/mol. The summed E-state index contributed by atoms with van der Waals surface area (Å²) in [5.41, 5.74) is 1.18. The van der Waals surface area contributed by atoms with E-state index in [1.165, 1.54) is 5.56 Å². The van der Waals surface area contributed by atoms with E-state index in [0.717, 1.165) is 11.4 Å². The Balaban J connectivity index is 2.75. The highest BCUT2D eigenvalue weighted by molar-refractivity contribution is 6.30. The Hall–Kier alpha value is -0.570. The van der Waals surface area contributed by atoms with Crippen LogP contribution in [0.5, 0.6) is 0 Å². The SMILES string of the molecule is COC(C)(C)CC(C)NC(c1ccc(Cl)cc1)C(C)C. The lowest BCUT2D eigenvalue weighted by molar-refractivity contribution is 0.00713. The zero-order chi connectivity index (χ0) is 15.3. The fraction of sp³-hybridized carbons (Fsp3) is 0.647. The molecule has 0 fully saturated rings. The van der Waals surface area contributed by atoms with Crippen LogP contribution in [0.1, 0.15) is 52.6 Å². The van der Waals surface area contributed by atoms with E-state index >= 15 is 0 Å². The van der Waals surface area contributed by atoms with Gasteiger partial charge < -0.3 is 10.1 Å². The molecule has 20 heavy (non-hydrogen) atoms. The third-order valence-corrected chi connectivity index (χ3v) is 3.96. The first kappa shape index (κ1) is 17.5. The molecule has 0 saturated carbocycles. The molecular weight excluding hydrogens is 270 g/mol. The second kappa shape index (κ2) is 7.44. The molecule has 0 aromatic heterocycles. The van der Waals surface area contributed by atoms with Crippen LogP contribution in [0.25, 0.3) is 0 Å². The summed E-state index contributed by atoms with van der Waals surface area (Å²) in [5, 5.41) is 4.50. The van der Waals surface area contributed by atoms with Crippen molar-refractivity contribution in [3.05, 3.63) is 34.9 Å². The summed E-state index contributed by atoms with van der Waals surface area (Å²) in [7, 11) is 1.77. The molecule has 0 heterocycles. The Bertz CT molecular complexity index is 400. The standard InChI is InChI=1S/C17H28ClNO/c1-12(2)16(14-7-9-15(18)10-8-14)19-13(3)11-17(4,5)20-6/h7-10,12-13,16,19H,11H2,1-6H3. The molecule has 2 nitrogen and oxygen atoms in total. The Morgan fingerprint density at radius 1 is 1.15 bits per heavy atom. The zero-order valence-corrected chi connectivity index (χ0v) is 14.3. The highest BCUT2D eigenvalue weighted by Gasteiger charge is 2.23. The maximum Gasteiger partial charge on any atom is 0.0637 e. The van der Waals surface area contributed by atoms with Gasteiger partial charge in [-0.3, -0.25) is 0 Å². The van der Waals surface area contributed by atoms with Gasteiger partial charge in [-0.05, 0) is 50.8 Å². The number of ether oxygens (including phenoxy) is 1. The van der Waals surface area contributed by atoms with Crippen LogP contribution in [0.3, 0.4) is 0 Å². The van der Waals surface area contributed by atoms with E-state index < -0.39 is 0 Å². The maximum atomic E-state index is 5.97. The van der Waals surface area contributed by atoms with Gasteiger partial charge in [0.15, 0.2) is 0 Å². The van der Waals surface area contributed by atoms with E-state index in [1.807, 2.05) is 12.1 Å². The van der Waals surface area contributed by atoms with E-state index in [1.54, 1.807) is 7.11 Å². The predicted molar refractivity (Wildman–Crippen MR) is 87.3 cm³/mol. The van der Waals surface area contributed by atoms with E-state index in [9.17, 15) is 0 Å². The molecule has 0 amide bonds. The fourth-order valence-electron chi connectivity index (χ4n) is 2.53. The van der Waals surface area contributed by atoms with E-state index in [4.69, 9.17) is 16.3 Å². The molecule has 3 heteroatoms. The summed E-state index contributed by atoms with van der Waals surface area (Å²) < 4.78 is 5.51. The first-order valence-electron chi connectivity index (χ1n) is 7.32. The van der Waals surface area contributed by atoms with Crippen LogP contribution >= 0.6 is 11.6 Å².